The van der Waals surface area contributed by atoms with Gasteiger partial charge in [-0.15, -0.1) is 0 Å². The van der Waals surface area contributed by atoms with E-state index in [1.165, 1.54) is 49.8 Å². The Balaban J connectivity index is 2.19. The number of hydrogen-bond donors (Lipinski definition) is 0. The summed E-state index contributed by atoms with van der Waals surface area (Å²) in [5, 5.41) is 4.42. The maximum Gasteiger partial charge on any atom is 0.0521 e. The highest BCUT2D eigenvalue weighted by atomic mass is 15.3. The smallest absolute Gasteiger partial charge is 0.0521 e. The monoisotopic (exact) mass is 178 g/mol. The molecule has 0 spiro atoms. The number of hydrogen-bond acceptors (Lipinski definition) is 1. The first-order valence-corrected chi connectivity index (χ1v) is 5.39. The molecule has 2 nitrogen and oxygen atoms in total. The fraction of sp³-hybridized carbons (Fsp3) is 0.727. The zero-order valence-corrected chi connectivity index (χ0v) is 8.42. The SMILES string of the molecule is Cc1cnn2c1CCCCCCC2. The predicted octanol–water partition coefficient (Wildman–Crippen LogP) is 2.70. The van der Waals surface area contributed by atoms with Crippen molar-refractivity contribution in [2.24, 2.45) is 0 Å². The Morgan fingerprint density at radius 3 is 2.85 bits per heavy atom. The lowest BCUT2D eigenvalue weighted by molar-refractivity contribution is 0.541. The van der Waals surface area contributed by atoms with E-state index in [2.05, 4.69) is 16.7 Å². The van der Waals surface area contributed by atoms with Crippen LogP contribution in [0, 0.1) is 6.92 Å². The molecule has 0 fully saturated rings. The summed E-state index contributed by atoms with van der Waals surface area (Å²) >= 11 is 0. The fourth-order valence-electron chi connectivity index (χ4n) is 2.11. The third-order valence-corrected chi connectivity index (χ3v) is 2.94. The van der Waals surface area contributed by atoms with Crippen molar-refractivity contribution in [1.29, 1.82) is 0 Å². The Bertz CT molecular complexity index is 276. The molecular weight excluding hydrogens is 160 g/mol. The Hall–Kier alpha value is -0.790. The fourth-order valence-corrected chi connectivity index (χ4v) is 2.11. The summed E-state index contributed by atoms with van der Waals surface area (Å²) in [5.41, 5.74) is 2.85. The normalized spacial score (nSPS) is 18.5. The molecule has 0 N–H and O–H groups in total. The molecular formula is C11H18N2. The third-order valence-electron chi connectivity index (χ3n) is 2.94. The van der Waals surface area contributed by atoms with Crippen LogP contribution in [0.5, 0.6) is 0 Å². The quantitative estimate of drug-likeness (QED) is 0.597. The highest BCUT2D eigenvalue weighted by Gasteiger charge is 2.08. The largest absolute Gasteiger partial charge is 0.269 e. The molecule has 0 saturated carbocycles. The van der Waals surface area contributed by atoms with Crippen molar-refractivity contribution in [3.05, 3.63) is 17.5 Å². The average Bonchev–Trinajstić information content (AvgIpc) is 2.51. The summed E-state index contributed by atoms with van der Waals surface area (Å²) in [5.74, 6) is 0. The van der Waals surface area contributed by atoms with Crippen LogP contribution in [0.1, 0.15) is 43.4 Å². The maximum atomic E-state index is 4.42. The molecule has 1 aromatic heterocycles. The summed E-state index contributed by atoms with van der Waals surface area (Å²) in [6.45, 7) is 3.31. The van der Waals surface area contributed by atoms with Gasteiger partial charge in [0, 0.05) is 12.2 Å². The molecule has 2 heterocycles. The Morgan fingerprint density at radius 1 is 1.15 bits per heavy atom. The molecule has 1 aliphatic rings. The first-order chi connectivity index (χ1) is 6.38. The molecule has 0 unspecified atom stereocenters. The van der Waals surface area contributed by atoms with Crippen molar-refractivity contribution >= 4 is 0 Å². The number of fused-ring (bicyclic) bond motifs is 1. The lowest BCUT2D eigenvalue weighted by Gasteiger charge is -2.05. The number of nitrogens with zero attached hydrogens (tertiary/aromatic N) is 2. The molecule has 2 heteroatoms. The lowest BCUT2D eigenvalue weighted by atomic mass is 10.1. The van der Waals surface area contributed by atoms with E-state index in [4.69, 9.17) is 0 Å². The number of aryl methyl sites for hydroxylation is 2. The average molecular weight is 178 g/mol. The van der Waals surface area contributed by atoms with Crippen LogP contribution in [0.3, 0.4) is 0 Å². The van der Waals surface area contributed by atoms with Crippen LogP contribution in [0.4, 0.5) is 0 Å². The Kier molecular flexibility index (Phi) is 2.67. The molecule has 2 rings (SSSR count). The van der Waals surface area contributed by atoms with E-state index in [0.29, 0.717) is 0 Å². The lowest BCUT2D eigenvalue weighted by Crippen LogP contribution is -2.04. The summed E-state index contributed by atoms with van der Waals surface area (Å²) in [7, 11) is 0. The minimum Gasteiger partial charge on any atom is -0.269 e. The standard InChI is InChI=1S/C11H18N2/c1-10-9-12-13-8-6-4-2-3-5-7-11(10)13/h9H,2-8H2,1H3. The van der Waals surface area contributed by atoms with Gasteiger partial charge in [0.2, 0.25) is 0 Å². The second-order valence-corrected chi connectivity index (χ2v) is 4.02. The highest BCUT2D eigenvalue weighted by Crippen LogP contribution is 2.16. The first-order valence-electron chi connectivity index (χ1n) is 5.39. The second-order valence-electron chi connectivity index (χ2n) is 4.02. The van der Waals surface area contributed by atoms with Gasteiger partial charge in [0.15, 0.2) is 0 Å². The second kappa shape index (κ2) is 3.95. The van der Waals surface area contributed by atoms with Crippen molar-refractivity contribution in [3.8, 4) is 0 Å². The molecule has 0 radical (unpaired) electrons. The van der Waals surface area contributed by atoms with Crippen LogP contribution in [0.25, 0.3) is 0 Å². The number of aromatic nitrogens is 2. The van der Waals surface area contributed by atoms with Crippen molar-refractivity contribution in [2.45, 2.75) is 52.0 Å². The molecule has 0 aromatic carbocycles. The first kappa shape index (κ1) is 8.79. The maximum absolute atomic E-state index is 4.42. The van der Waals surface area contributed by atoms with Crippen LogP contribution in [-0.4, -0.2) is 9.78 Å². The Morgan fingerprint density at radius 2 is 1.92 bits per heavy atom. The van der Waals surface area contributed by atoms with E-state index in [1.54, 1.807) is 0 Å². The summed E-state index contributed by atoms with van der Waals surface area (Å²) in [6.07, 6.45) is 10.1. The molecule has 72 valence electrons. The van der Waals surface area contributed by atoms with E-state index in [1.807, 2.05) is 6.20 Å². The number of rotatable bonds is 0. The molecule has 0 bridgehead atoms. The van der Waals surface area contributed by atoms with Crippen molar-refractivity contribution < 1.29 is 0 Å². The van der Waals surface area contributed by atoms with Crippen LogP contribution in [0.15, 0.2) is 6.20 Å². The van der Waals surface area contributed by atoms with Crippen LogP contribution in [0.2, 0.25) is 0 Å². The zero-order valence-electron chi connectivity index (χ0n) is 8.42. The molecule has 0 aliphatic carbocycles. The topological polar surface area (TPSA) is 17.8 Å². The van der Waals surface area contributed by atoms with Crippen molar-refractivity contribution in [3.63, 3.8) is 0 Å². The highest BCUT2D eigenvalue weighted by molar-refractivity contribution is 5.15. The zero-order chi connectivity index (χ0) is 9.10. The minimum absolute atomic E-state index is 1.13. The van der Waals surface area contributed by atoms with Crippen LogP contribution >= 0.6 is 0 Å². The Labute approximate surface area is 80.0 Å². The molecule has 1 aromatic rings. The molecule has 0 saturated heterocycles. The van der Waals surface area contributed by atoms with Crippen LogP contribution in [-0.2, 0) is 13.0 Å². The van der Waals surface area contributed by atoms with Crippen LogP contribution < -0.4 is 0 Å². The van der Waals surface area contributed by atoms with E-state index in [9.17, 15) is 0 Å². The molecule has 13 heavy (non-hydrogen) atoms. The van der Waals surface area contributed by atoms with Gasteiger partial charge in [-0.3, -0.25) is 4.68 Å². The van der Waals surface area contributed by atoms with Gasteiger partial charge in [0.05, 0.1) is 6.20 Å². The molecule has 0 amide bonds. The summed E-state index contributed by atoms with van der Waals surface area (Å²) in [6, 6.07) is 0. The van der Waals surface area contributed by atoms with Gasteiger partial charge in [-0.05, 0) is 31.7 Å². The van der Waals surface area contributed by atoms with E-state index in [0.717, 1.165) is 6.54 Å². The van der Waals surface area contributed by atoms with Gasteiger partial charge in [0.1, 0.15) is 0 Å². The van der Waals surface area contributed by atoms with Gasteiger partial charge in [-0.25, -0.2) is 0 Å². The van der Waals surface area contributed by atoms with E-state index < -0.39 is 0 Å². The summed E-state index contributed by atoms with van der Waals surface area (Å²) < 4.78 is 2.21. The van der Waals surface area contributed by atoms with Gasteiger partial charge >= 0.3 is 0 Å². The molecule has 1 aliphatic heterocycles. The van der Waals surface area contributed by atoms with Crippen molar-refractivity contribution in [1.82, 2.24) is 9.78 Å². The van der Waals surface area contributed by atoms with Crippen molar-refractivity contribution in [2.75, 3.05) is 0 Å². The predicted molar refractivity (Wildman–Crippen MR) is 53.8 cm³/mol. The third kappa shape index (κ3) is 1.93. The van der Waals surface area contributed by atoms with Gasteiger partial charge < -0.3 is 0 Å². The summed E-state index contributed by atoms with van der Waals surface area (Å²) in [4.78, 5) is 0. The van der Waals surface area contributed by atoms with Gasteiger partial charge in [0.25, 0.3) is 0 Å². The van der Waals surface area contributed by atoms with Gasteiger partial charge in [-0.1, -0.05) is 19.3 Å². The van der Waals surface area contributed by atoms with E-state index >= 15 is 0 Å². The minimum atomic E-state index is 1.13. The van der Waals surface area contributed by atoms with Gasteiger partial charge in [-0.2, -0.15) is 5.10 Å². The van der Waals surface area contributed by atoms with E-state index in [-0.39, 0.29) is 0 Å². The molecule has 0 atom stereocenters.